The summed E-state index contributed by atoms with van der Waals surface area (Å²) < 4.78 is 5.63. The quantitative estimate of drug-likeness (QED) is 0.766. The number of carboxylic acid groups (broad SMARTS) is 1. The minimum absolute atomic E-state index is 0.0316. The molecule has 0 aliphatic heterocycles. The van der Waals surface area contributed by atoms with E-state index < -0.39 is 5.97 Å². The van der Waals surface area contributed by atoms with E-state index in [0.717, 1.165) is 12.0 Å². The number of aryl methyl sites for hydroxylation is 1. The number of benzene rings is 1. The van der Waals surface area contributed by atoms with Crippen molar-refractivity contribution in [2.75, 3.05) is 5.32 Å². The van der Waals surface area contributed by atoms with Gasteiger partial charge in [0.05, 0.1) is 6.10 Å². The molecule has 2 aromatic rings. The van der Waals surface area contributed by atoms with Crippen molar-refractivity contribution in [3.63, 3.8) is 0 Å². The van der Waals surface area contributed by atoms with E-state index in [1.165, 1.54) is 0 Å². The largest absolute Gasteiger partial charge is 0.481 e. The Morgan fingerprint density at radius 1 is 1.24 bits per heavy atom. The number of pyridine rings is 1. The lowest BCUT2D eigenvalue weighted by atomic mass is 10.1. The first-order valence-electron chi connectivity index (χ1n) is 8.22. The van der Waals surface area contributed by atoms with Gasteiger partial charge in [-0.15, -0.1) is 0 Å². The number of aromatic nitrogens is 1. The molecule has 132 valence electrons. The molecule has 6 heteroatoms. The molecule has 0 aliphatic carbocycles. The van der Waals surface area contributed by atoms with Crippen molar-refractivity contribution < 1.29 is 19.4 Å². The third kappa shape index (κ3) is 5.91. The summed E-state index contributed by atoms with van der Waals surface area (Å²) in [5, 5.41) is 11.5. The first-order valence-corrected chi connectivity index (χ1v) is 8.22. The lowest BCUT2D eigenvalue weighted by Crippen LogP contribution is -2.14. The molecule has 1 atom stereocenters. The monoisotopic (exact) mass is 342 g/mol. The Hall–Kier alpha value is -2.89. The average Bonchev–Trinajstić information content (AvgIpc) is 2.61. The number of nitrogens with one attached hydrogen (secondary N) is 1. The number of hydrogen-bond acceptors (Lipinski definition) is 4. The third-order valence-electron chi connectivity index (χ3n) is 3.73. The maximum absolute atomic E-state index is 12.3. The fourth-order valence-corrected chi connectivity index (χ4v) is 2.11. The summed E-state index contributed by atoms with van der Waals surface area (Å²) in [4.78, 5) is 27.0. The van der Waals surface area contributed by atoms with Crippen LogP contribution in [0.15, 0.2) is 42.6 Å². The Morgan fingerprint density at radius 2 is 1.96 bits per heavy atom. The summed E-state index contributed by atoms with van der Waals surface area (Å²) in [6.45, 7) is 3.96. The zero-order chi connectivity index (χ0) is 18.2. The van der Waals surface area contributed by atoms with Crippen LogP contribution in [0.3, 0.4) is 0 Å². The van der Waals surface area contributed by atoms with Gasteiger partial charge in [-0.05, 0) is 43.5 Å². The predicted octanol–water partition coefficient (Wildman–Crippen LogP) is 3.53. The first kappa shape index (κ1) is 18.4. The van der Waals surface area contributed by atoms with Crippen LogP contribution in [-0.4, -0.2) is 28.1 Å². The van der Waals surface area contributed by atoms with Crippen LogP contribution in [0.4, 0.5) is 5.69 Å². The molecule has 1 heterocycles. The molecule has 0 spiro atoms. The van der Waals surface area contributed by atoms with Gasteiger partial charge in [0, 0.05) is 29.9 Å². The second kappa shape index (κ2) is 8.82. The fourth-order valence-electron chi connectivity index (χ4n) is 2.11. The zero-order valence-electron chi connectivity index (χ0n) is 14.4. The highest BCUT2D eigenvalue weighted by atomic mass is 16.5. The minimum atomic E-state index is -0.828. The number of amides is 1. The Morgan fingerprint density at radius 3 is 2.60 bits per heavy atom. The second-order valence-electron chi connectivity index (χ2n) is 5.76. The van der Waals surface area contributed by atoms with Crippen molar-refractivity contribution in [1.29, 1.82) is 0 Å². The summed E-state index contributed by atoms with van der Waals surface area (Å²) in [7, 11) is 0. The second-order valence-corrected chi connectivity index (χ2v) is 5.76. The van der Waals surface area contributed by atoms with E-state index in [1.807, 2.05) is 26.0 Å². The topological polar surface area (TPSA) is 88.5 Å². The van der Waals surface area contributed by atoms with E-state index in [2.05, 4.69) is 10.3 Å². The molecule has 1 aromatic heterocycles. The number of anilines is 1. The lowest BCUT2D eigenvalue weighted by molar-refractivity contribution is -0.136. The van der Waals surface area contributed by atoms with E-state index in [1.54, 1.807) is 30.5 Å². The summed E-state index contributed by atoms with van der Waals surface area (Å²) >= 11 is 0. The molecule has 0 aliphatic rings. The van der Waals surface area contributed by atoms with E-state index in [0.29, 0.717) is 23.6 Å². The van der Waals surface area contributed by atoms with Gasteiger partial charge in [0.2, 0.25) is 5.88 Å². The maximum Gasteiger partial charge on any atom is 0.303 e. The van der Waals surface area contributed by atoms with Crippen molar-refractivity contribution in [2.45, 2.75) is 39.2 Å². The van der Waals surface area contributed by atoms with Gasteiger partial charge in [-0.2, -0.15) is 0 Å². The average molecular weight is 342 g/mol. The molecule has 0 saturated heterocycles. The number of carbonyl (C=O) groups excluding carboxylic acids is 1. The molecule has 2 N–H and O–H groups in total. The predicted molar refractivity (Wildman–Crippen MR) is 95.0 cm³/mol. The third-order valence-corrected chi connectivity index (χ3v) is 3.73. The van der Waals surface area contributed by atoms with Crippen LogP contribution in [-0.2, 0) is 11.2 Å². The minimum Gasteiger partial charge on any atom is -0.481 e. The number of ether oxygens (including phenoxy) is 1. The molecule has 0 bridgehead atoms. The number of aliphatic carboxylic acids is 1. The molecular weight excluding hydrogens is 320 g/mol. The van der Waals surface area contributed by atoms with Crippen LogP contribution in [0.1, 0.15) is 42.6 Å². The molecular formula is C19H22N2O4. The van der Waals surface area contributed by atoms with Gasteiger partial charge in [0.15, 0.2) is 0 Å². The van der Waals surface area contributed by atoms with Crippen molar-refractivity contribution in [2.24, 2.45) is 0 Å². The molecule has 0 radical (unpaired) electrons. The van der Waals surface area contributed by atoms with E-state index in [-0.39, 0.29) is 18.4 Å². The van der Waals surface area contributed by atoms with Crippen molar-refractivity contribution in [3.05, 3.63) is 53.7 Å². The fraction of sp³-hybridized carbons (Fsp3) is 0.316. The van der Waals surface area contributed by atoms with E-state index >= 15 is 0 Å². The molecule has 0 saturated carbocycles. The molecule has 25 heavy (non-hydrogen) atoms. The number of carboxylic acids is 1. The molecule has 6 nitrogen and oxygen atoms in total. The Balaban J connectivity index is 1.99. The van der Waals surface area contributed by atoms with Crippen LogP contribution < -0.4 is 10.1 Å². The van der Waals surface area contributed by atoms with Crippen LogP contribution in [0, 0.1) is 0 Å². The number of hydrogen-bond donors (Lipinski definition) is 2. The molecule has 1 unspecified atom stereocenters. The Labute approximate surface area is 146 Å². The van der Waals surface area contributed by atoms with Gasteiger partial charge in [-0.25, -0.2) is 4.98 Å². The molecule has 1 aromatic carbocycles. The van der Waals surface area contributed by atoms with E-state index in [9.17, 15) is 9.59 Å². The van der Waals surface area contributed by atoms with Crippen molar-refractivity contribution in [3.8, 4) is 5.88 Å². The van der Waals surface area contributed by atoms with Crippen LogP contribution in [0.2, 0.25) is 0 Å². The Kier molecular flexibility index (Phi) is 6.51. The van der Waals surface area contributed by atoms with Gasteiger partial charge in [0.1, 0.15) is 0 Å². The first-order chi connectivity index (χ1) is 12.0. The summed E-state index contributed by atoms with van der Waals surface area (Å²) in [6, 6.07) is 10.4. The highest BCUT2D eigenvalue weighted by molar-refractivity contribution is 6.04. The van der Waals surface area contributed by atoms with Gasteiger partial charge in [0.25, 0.3) is 5.91 Å². The lowest BCUT2D eigenvalue weighted by Gasteiger charge is -2.12. The van der Waals surface area contributed by atoms with Gasteiger partial charge in [-0.3, -0.25) is 9.59 Å². The van der Waals surface area contributed by atoms with Gasteiger partial charge < -0.3 is 15.2 Å². The van der Waals surface area contributed by atoms with Crippen LogP contribution >= 0.6 is 0 Å². The maximum atomic E-state index is 12.3. The van der Waals surface area contributed by atoms with Crippen molar-refractivity contribution >= 4 is 17.6 Å². The van der Waals surface area contributed by atoms with Crippen LogP contribution in [0.25, 0.3) is 0 Å². The highest BCUT2D eigenvalue weighted by Crippen LogP contribution is 2.16. The normalized spacial score (nSPS) is 11.6. The van der Waals surface area contributed by atoms with Crippen LogP contribution in [0.5, 0.6) is 5.88 Å². The van der Waals surface area contributed by atoms with E-state index in [4.69, 9.17) is 9.84 Å². The Bertz CT molecular complexity index is 728. The molecule has 1 amide bonds. The summed E-state index contributed by atoms with van der Waals surface area (Å²) in [6.07, 6.45) is 2.98. The summed E-state index contributed by atoms with van der Waals surface area (Å²) in [5.41, 5.74) is 2.02. The SMILES string of the molecule is CCC(C)Oc1cc(C(=O)Nc2ccc(CCC(=O)O)cc2)ccn1. The van der Waals surface area contributed by atoms with Crippen molar-refractivity contribution in [1.82, 2.24) is 4.98 Å². The van der Waals surface area contributed by atoms with Gasteiger partial charge >= 0.3 is 5.97 Å². The summed E-state index contributed by atoms with van der Waals surface area (Å²) in [5.74, 6) is -0.661. The molecule has 0 fully saturated rings. The zero-order valence-corrected chi connectivity index (χ0v) is 14.4. The molecule has 2 rings (SSSR count). The number of nitrogens with zero attached hydrogens (tertiary/aromatic N) is 1. The number of rotatable bonds is 8. The highest BCUT2D eigenvalue weighted by Gasteiger charge is 2.10. The smallest absolute Gasteiger partial charge is 0.303 e. The van der Waals surface area contributed by atoms with Gasteiger partial charge in [-0.1, -0.05) is 19.1 Å². The standard InChI is InChI=1S/C19H22N2O4/c1-3-13(2)25-17-12-15(10-11-20-17)19(24)21-16-7-4-14(5-8-16)6-9-18(22)23/h4-5,7-8,10-13H,3,6,9H2,1-2H3,(H,21,24)(H,22,23). The number of carbonyl (C=O) groups is 2.